The van der Waals surface area contributed by atoms with Crippen molar-refractivity contribution in [1.29, 1.82) is 0 Å². The van der Waals surface area contributed by atoms with E-state index in [0.29, 0.717) is 0 Å². The van der Waals surface area contributed by atoms with E-state index < -0.39 is 5.97 Å². The normalized spacial score (nSPS) is 38.4. The third-order valence-corrected chi connectivity index (χ3v) is 4.14. The predicted molar refractivity (Wildman–Crippen MR) is 55.0 cm³/mol. The van der Waals surface area contributed by atoms with Gasteiger partial charge >= 0.3 is 5.97 Å². The first-order chi connectivity index (χ1) is 6.77. The van der Waals surface area contributed by atoms with E-state index in [2.05, 4.69) is 0 Å². The fraction of sp³-hybridized carbons (Fsp3) is 0.917. The standard InChI is InChI=1S/C12H20O2/c13-12(14)11-7-6-9-4-2-1-3-5-10(9)8-11/h9-11H,1-8H2,(H,13,14)/t9?,10-,11?/m1/s1. The van der Waals surface area contributed by atoms with Crippen LogP contribution in [0.4, 0.5) is 0 Å². The first-order valence-corrected chi connectivity index (χ1v) is 6.00. The van der Waals surface area contributed by atoms with Crippen LogP contribution in [0.25, 0.3) is 0 Å². The maximum Gasteiger partial charge on any atom is 0.306 e. The number of carboxylic acids is 1. The predicted octanol–water partition coefficient (Wildman–Crippen LogP) is 3.07. The van der Waals surface area contributed by atoms with Gasteiger partial charge in [-0.1, -0.05) is 32.1 Å². The number of aliphatic carboxylic acids is 1. The van der Waals surface area contributed by atoms with Crippen LogP contribution in [0.1, 0.15) is 51.4 Å². The van der Waals surface area contributed by atoms with Gasteiger partial charge in [0.25, 0.3) is 0 Å². The van der Waals surface area contributed by atoms with E-state index in [0.717, 1.165) is 24.7 Å². The van der Waals surface area contributed by atoms with Crippen molar-refractivity contribution in [3.8, 4) is 0 Å². The Bertz CT molecular complexity index is 212. The van der Waals surface area contributed by atoms with Crippen molar-refractivity contribution in [1.82, 2.24) is 0 Å². The molecule has 2 aliphatic carbocycles. The maximum absolute atomic E-state index is 10.9. The Morgan fingerprint density at radius 3 is 2.36 bits per heavy atom. The summed E-state index contributed by atoms with van der Waals surface area (Å²) in [6.07, 6.45) is 9.76. The van der Waals surface area contributed by atoms with Gasteiger partial charge in [-0.05, 0) is 31.1 Å². The molecule has 0 aromatic heterocycles. The Balaban J connectivity index is 1.96. The highest BCUT2D eigenvalue weighted by atomic mass is 16.4. The summed E-state index contributed by atoms with van der Waals surface area (Å²) in [5.74, 6) is 0.988. The molecule has 3 atom stereocenters. The summed E-state index contributed by atoms with van der Waals surface area (Å²) in [6, 6.07) is 0. The van der Waals surface area contributed by atoms with Gasteiger partial charge in [0.15, 0.2) is 0 Å². The first kappa shape index (κ1) is 10.0. The topological polar surface area (TPSA) is 37.3 Å². The molecule has 2 fully saturated rings. The lowest BCUT2D eigenvalue weighted by Crippen LogP contribution is -2.28. The largest absolute Gasteiger partial charge is 0.481 e. The highest BCUT2D eigenvalue weighted by Gasteiger charge is 2.33. The summed E-state index contributed by atoms with van der Waals surface area (Å²) in [6.45, 7) is 0. The Hall–Kier alpha value is -0.530. The summed E-state index contributed by atoms with van der Waals surface area (Å²) >= 11 is 0. The first-order valence-electron chi connectivity index (χ1n) is 6.00. The van der Waals surface area contributed by atoms with E-state index in [9.17, 15) is 4.79 Å². The van der Waals surface area contributed by atoms with E-state index in [-0.39, 0.29) is 5.92 Å². The van der Waals surface area contributed by atoms with Crippen LogP contribution in [0.5, 0.6) is 0 Å². The van der Waals surface area contributed by atoms with Gasteiger partial charge in [0.05, 0.1) is 5.92 Å². The molecule has 0 saturated heterocycles. The Morgan fingerprint density at radius 1 is 0.929 bits per heavy atom. The molecule has 0 amide bonds. The van der Waals surface area contributed by atoms with Gasteiger partial charge in [-0.2, -0.15) is 0 Å². The zero-order valence-corrected chi connectivity index (χ0v) is 8.74. The van der Waals surface area contributed by atoms with Crippen LogP contribution < -0.4 is 0 Å². The van der Waals surface area contributed by atoms with Crippen LogP contribution in [0.3, 0.4) is 0 Å². The molecular weight excluding hydrogens is 176 g/mol. The van der Waals surface area contributed by atoms with E-state index in [1.54, 1.807) is 0 Å². The minimum absolute atomic E-state index is 0.0330. The van der Waals surface area contributed by atoms with E-state index in [1.807, 2.05) is 0 Å². The molecule has 2 aliphatic rings. The number of fused-ring (bicyclic) bond motifs is 1. The summed E-state index contributed by atoms with van der Waals surface area (Å²) in [5.41, 5.74) is 0. The molecule has 0 aliphatic heterocycles. The van der Waals surface area contributed by atoms with Gasteiger partial charge in [0.2, 0.25) is 0 Å². The van der Waals surface area contributed by atoms with Gasteiger partial charge in [-0.3, -0.25) is 4.79 Å². The van der Waals surface area contributed by atoms with Gasteiger partial charge in [-0.25, -0.2) is 0 Å². The van der Waals surface area contributed by atoms with Crippen molar-refractivity contribution in [3.05, 3.63) is 0 Å². The highest BCUT2D eigenvalue weighted by molar-refractivity contribution is 5.70. The Kier molecular flexibility index (Phi) is 3.09. The van der Waals surface area contributed by atoms with Crippen molar-refractivity contribution >= 4 is 5.97 Å². The summed E-state index contributed by atoms with van der Waals surface area (Å²) in [4.78, 5) is 10.9. The highest BCUT2D eigenvalue weighted by Crippen LogP contribution is 2.41. The van der Waals surface area contributed by atoms with Gasteiger partial charge in [0, 0.05) is 0 Å². The second kappa shape index (κ2) is 4.33. The van der Waals surface area contributed by atoms with Crippen LogP contribution in [0.2, 0.25) is 0 Å². The minimum Gasteiger partial charge on any atom is -0.481 e. The summed E-state index contributed by atoms with van der Waals surface area (Å²) < 4.78 is 0. The quantitative estimate of drug-likeness (QED) is 0.699. The molecule has 14 heavy (non-hydrogen) atoms. The van der Waals surface area contributed by atoms with Crippen LogP contribution in [0, 0.1) is 17.8 Å². The van der Waals surface area contributed by atoms with Crippen LogP contribution in [-0.2, 0) is 4.79 Å². The van der Waals surface area contributed by atoms with Crippen LogP contribution in [0.15, 0.2) is 0 Å². The molecule has 0 aromatic carbocycles. The molecule has 0 spiro atoms. The van der Waals surface area contributed by atoms with Crippen molar-refractivity contribution < 1.29 is 9.90 Å². The summed E-state index contributed by atoms with van der Waals surface area (Å²) in [5, 5.41) is 9.00. The second-order valence-electron chi connectivity index (χ2n) is 5.01. The number of rotatable bonds is 1. The minimum atomic E-state index is -0.562. The lowest BCUT2D eigenvalue weighted by molar-refractivity contribution is -0.143. The molecule has 0 aromatic rings. The fourth-order valence-corrected chi connectivity index (χ4v) is 3.27. The molecule has 0 radical (unpaired) electrons. The van der Waals surface area contributed by atoms with Crippen LogP contribution in [-0.4, -0.2) is 11.1 Å². The van der Waals surface area contributed by atoms with Gasteiger partial charge in [-0.15, -0.1) is 0 Å². The number of carboxylic acid groups (broad SMARTS) is 1. The van der Waals surface area contributed by atoms with Crippen molar-refractivity contribution in [2.24, 2.45) is 17.8 Å². The molecule has 0 bridgehead atoms. The summed E-state index contributed by atoms with van der Waals surface area (Å²) in [7, 11) is 0. The molecule has 2 unspecified atom stereocenters. The molecule has 0 heterocycles. The van der Waals surface area contributed by atoms with Gasteiger partial charge in [0.1, 0.15) is 0 Å². The smallest absolute Gasteiger partial charge is 0.306 e. The molecule has 2 saturated carbocycles. The lowest BCUT2D eigenvalue weighted by Gasteiger charge is -2.33. The average Bonchev–Trinajstić information content (AvgIpc) is 2.41. The van der Waals surface area contributed by atoms with E-state index in [4.69, 9.17) is 5.11 Å². The molecular formula is C12H20O2. The van der Waals surface area contributed by atoms with Crippen molar-refractivity contribution in [3.63, 3.8) is 0 Å². The fourth-order valence-electron chi connectivity index (χ4n) is 3.27. The number of hydrogen-bond acceptors (Lipinski definition) is 1. The van der Waals surface area contributed by atoms with E-state index >= 15 is 0 Å². The average molecular weight is 196 g/mol. The molecule has 1 N–H and O–H groups in total. The SMILES string of the molecule is O=C(O)C1CCC2CCCCC[C@@H]2C1. The third kappa shape index (κ3) is 2.10. The molecule has 2 heteroatoms. The molecule has 2 nitrogen and oxygen atoms in total. The monoisotopic (exact) mass is 196 g/mol. The Morgan fingerprint density at radius 2 is 1.64 bits per heavy atom. The van der Waals surface area contributed by atoms with Crippen molar-refractivity contribution in [2.75, 3.05) is 0 Å². The van der Waals surface area contributed by atoms with E-state index in [1.165, 1.54) is 38.5 Å². The Labute approximate surface area is 85.7 Å². The number of carbonyl (C=O) groups is 1. The van der Waals surface area contributed by atoms with Crippen LogP contribution >= 0.6 is 0 Å². The maximum atomic E-state index is 10.9. The lowest BCUT2D eigenvalue weighted by atomic mass is 9.72. The number of hydrogen-bond donors (Lipinski definition) is 1. The zero-order chi connectivity index (χ0) is 9.97. The van der Waals surface area contributed by atoms with Gasteiger partial charge < -0.3 is 5.11 Å². The van der Waals surface area contributed by atoms with Crippen molar-refractivity contribution in [2.45, 2.75) is 51.4 Å². The third-order valence-electron chi connectivity index (χ3n) is 4.14. The zero-order valence-electron chi connectivity index (χ0n) is 8.74. The molecule has 80 valence electrons. The molecule has 2 rings (SSSR count). The second-order valence-corrected chi connectivity index (χ2v) is 5.01.